The van der Waals surface area contributed by atoms with Crippen LogP contribution in [0.4, 0.5) is 18.9 Å². The Morgan fingerprint density at radius 1 is 1.20 bits per heavy atom. The lowest BCUT2D eigenvalue weighted by Gasteiger charge is -2.21. The van der Waals surface area contributed by atoms with Crippen LogP contribution < -0.4 is 5.73 Å². The third-order valence-corrected chi connectivity index (χ3v) is 5.05. The van der Waals surface area contributed by atoms with E-state index in [1.165, 1.54) is 0 Å². The summed E-state index contributed by atoms with van der Waals surface area (Å²) in [5, 5.41) is 0. The van der Waals surface area contributed by atoms with E-state index in [2.05, 4.69) is 0 Å². The summed E-state index contributed by atoms with van der Waals surface area (Å²) < 4.78 is 61.9. The van der Waals surface area contributed by atoms with Crippen molar-refractivity contribution in [3.63, 3.8) is 0 Å². The molecule has 1 aromatic rings. The Bertz CT molecular complexity index is 597. The number of benzene rings is 1. The summed E-state index contributed by atoms with van der Waals surface area (Å²) in [6.07, 6.45) is -5.61. The molecule has 4 nitrogen and oxygen atoms in total. The highest BCUT2D eigenvalue weighted by molar-refractivity contribution is 7.89. The van der Waals surface area contributed by atoms with Gasteiger partial charge >= 0.3 is 6.18 Å². The topological polar surface area (TPSA) is 63.4 Å². The predicted octanol–water partition coefficient (Wildman–Crippen LogP) is 2.46. The molecule has 1 rings (SSSR count). The molecule has 0 spiro atoms. The zero-order chi connectivity index (χ0) is 15.7. The van der Waals surface area contributed by atoms with Gasteiger partial charge in [0.05, 0.1) is 12.1 Å². The summed E-state index contributed by atoms with van der Waals surface area (Å²) in [4.78, 5) is -0.123. The van der Waals surface area contributed by atoms with Gasteiger partial charge in [-0.25, -0.2) is 12.7 Å². The van der Waals surface area contributed by atoms with Gasteiger partial charge in [0, 0.05) is 13.6 Å². The normalized spacial score (nSPS) is 12.9. The van der Waals surface area contributed by atoms with Gasteiger partial charge in [-0.15, -0.1) is 0 Å². The van der Waals surface area contributed by atoms with Crippen LogP contribution in [0.3, 0.4) is 0 Å². The monoisotopic (exact) mass is 310 g/mol. The number of anilines is 1. The second kappa shape index (κ2) is 5.61. The lowest BCUT2D eigenvalue weighted by atomic mass is 10.1. The highest BCUT2D eigenvalue weighted by Crippen LogP contribution is 2.29. The number of aryl methyl sites for hydroxylation is 2. The summed E-state index contributed by atoms with van der Waals surface area (Å²) in [5.41, 5.74) is 6.81. The van der Waals surface area contributed by atoms with Gasteiger partial charge in [0.2, 0.25) is 10.0 Å². The summed E-state index contributed by atoms with van der Waals surface area (Å²) in [6.45, 7) is 2.56. The minimum Gasteiger partial charge on any atom is -0.397 e. The largest absolute Gasteiger partial charge is 0.397 e. The molecule has 0 unspecified atom stereocenters. The van der Waals surface area contributed by atoms with Crippen LogP contribution >= 0.6 is 0 Å². The Hall–Kier alpha value is -1.28. The SMILES string of the molecule is Cc1ccc(C)c(S(=O)(=O)N(C)CCC(F)(F)F)c1N. The molecule has 8 heteroatoms. The first-order valence-electron chi connectivity index (χ1n) is 5.85. The van der Waals surface area contributed by atoms with Crippen molar-refractivity contribution in [1.82, 2.24) is 4.31 Å². The van der Waals surface area contributed by atoms with E-state index in [1.807, 2.05) is 0 Å². The van der Waals surface area contributed by atoms with E-state index in [1.54, 1.807) is 26.0 Å². The van der Waals surface area contributed by atoms with Crippen LogP contribution in [0, 0.1) is 13.8 Å². The highest BCUT2D eigenvalue weighted by Gasteiger charge is 2.32. The zero-order valence-electron chi connectivity index (χ0n) is 11.5. The second-order valence-corrected chi connectivity index (χ2v) is 6.62. The molecule has 0 aliphatic heterocycles. The molecule has 114 valence electrons. The molecule has 0 aliphatic rings. The van der Waals surface area contributed by atoms with Crippen molar-refractivity contribution < 1.29 is 21.6 Å². The number of hydrogen-bond acceptors (Lipinski definition) is 3. The number of rotatable bonds is 4. The number of nitrogens with two attached hydrogens (primary N) is 1. The maximum Gasteiger partial charge on any atom is 0.390 e. The van der Waals surface area contributed by atoms with Gasteiger partial charge in [-0.2, -0.15) is 13.2 Å². The van der Waals surface area contributed by atoms with Gasteiger partial charge in [-0.05, 0) is 25.0 Å². The molecule has 1 aromatic carbocycles. The van der Waals surface area contributed by atoms with Crippen LogP contribution in [0.2, 0.25) is 0 Å². The number of sulfonamides is 1. The molecular formula is C12H17F3N2O2S. The molecule has 0 heterocycles. The van der Waals surface area contributed by atoms with Gasteiger partial charge in [-0.3, -0.25) is 0 Å². The Morgan fingerprint density at radius 3 is 2.20 bits per heavy atom. The van der Waals surface area contributed by atoms with Crippen molar-refractivity contribution in [3.8, 4) is 0 Å². The fourth-order valence-electron chi connectivity index (χ4n) is 1.71. The molecular weight excluding hydrogens is 293 g/mol. The van der Waals surface area contributed by atoms with Crippen molar-refractivity contribution in [1.29, 1.82) is 0 Å². The van der Waals surface area contributed by atoms with E-state index in [9.17, 15) is 21.6 Å². The molecule has 20 heavy (non-hydrogen) atoms. The van der Waals surface area contributed by atoms with Gasteiger partial charge in [-0.1, -0.05) is 12.1 Å². The smallest absolute Gasteiger partial charge is 0.390 e. The van der Waals surface area contributed by atoms with Crippen LogP contribution in [-0.4, -0.2) is 32.5 Å². The first kappa shape index (κ1) is 16.8. The molecule has 0 fully saturated rings. The number of nitrogen functional groups attached to an aromatic ring is 1. The first-order valence-corrected chi connectivity index (χ1v) is 7.29. The minimum absolute atomic E-state index is 0.0730. The van der Waals surface area contributed by atoms with Crippen molar-refractivity contribution in [2.45, 2.75) is 31.3 Å². The lowest BCUT2D eigenvalue weighted by Crippen LogP contribution is -2.31. The van der Waals surface area contributed by atoms with E-state index < -0.39 is 29.2 Å². The number of alkyl halides is 3. The predicted molar refractivity (Wildman–Crippen MR) is 70.8 cm³/mol. The van der Waals surface area contributed by atoms with Crippen LogP contribution in [0.1, 0.15) is 17.5 Å². The standard InChI is InChI=1S/C12H17F3N2O2S/c1-8-4-5-9(2)11(10(8)16)20(18,19)17(3)7-6-12(13,14)15/h4-5H,6-7,16H2,1-3H3. The highest BCUT2D eigenvalue weighted by atomic mass is 32.2. The van der Waals surface area contributed by atoms with E-state index in [0.29, 0.717) is 15.4 Å². The first-order chi connectivity index (χ1) is 8.97. The molecule has 0 aliphatic carbocycles. The van der Waals surface area contributed by atoms with E-state index in [-0.39, 0.29) is 10.6 Å². The third kappa shape index (κ3) is 3.63. The molecule has 0 amide bonds. The van der Waals surface area contributed by atoms with E-state index >= 15 is 0 Å². The Balaban J connectivity index is 3.15. The molecule has 0 saturated carbocycles. The maximum atomic E-state index is 12.3. The molecule has 0 bridgehead atoms. The van der Waals surface area contributed by atoms with Gasteiger partial charge < -0.3 is 5.73 Å². The second-order valence-electron chi connectivity index (χ2n) is 4.63. The fraction of sp³-hybridized carbons (Fsp3) is 0.500. The maximum absolute atomic E-state index is 12.3. The molecule has 0 saturated heterocycles. The third-order valence-electron chi connectivity index (χ3n) is 2.99. The number of hydrogen-bond donors (Lipinski definition) is 1. The van der Waals surface area contributed by atoms with Gasteiger partial charge in [0.25, 0.3) is 0 Å². The Kier molecular flexibility index (Phi) is 4.70. The molecule has 0 radical (unpaired) electrons. The molecule has 0 atom stereocenters. The summed E-state index contributed by atoms with van der Waals surface area (Å²) in [6, 6.07) is 3.25. The van der Waals surface area contributed by atoms with Crippen LogP contribution in [-0.2, 0) is 10.0 Å². The summed E-state index contributed by atoms with van der Waals surface area (Å²) in [5.74, 6) is 0. The zero-order valence-corrected chi connectivity index (χ0v) is 12.3. The fourth-order valence-corrected chi connectivity index (χ4v) is 3.27. The van der Waals surface area contributed by atoms with Gasteiger partial charge in [0.1, 0.15) is 4.90 Å². The molecule has 2 N–H and O–H groups in total. The summed E-state index contributed by atoms with van der Waals surface area (Å²) in [7, 11) is -2.92. The average molecular weight is 310 g/mol. The lowest BCUT2D eigenvalue weighted by molar-refractivity contribution is -0.135. The number of halogens is 3. The summed E-state index contributed by atoms with van der Waals surface area (Å²) >= 11 is 0. The van der Waals surface area contributed by atoms with E-state index in [0.717, 1.165) is 7.05 Å². The molecule has 0 aromatic heterocycles. The van der Waals surface area contributed by atoms with E-state index in [4.69, 9.17) is 5.73 Å². The van der Waals surface area contributed by atoms with Crippen LogP contribution in [0.25, 0.3) is 0 Å². The number of nitrogens with zero attached hydrogens (tertiary/aromatic N) is 1. The quantitative estimate of drug-likeness (QED) is 0.869. The van der Waals surface area contributed by atoms with Crippen molar-refractivity contribution >= 4 is 15.7 Å². The Labute approximate surface area is 116 Å². The van der Waals surface area contributed by atoms with Crippen LogP contribution in [0.15, 0.2) is 17.0 Å². The van der Waals surface area contributed by atoms with Gasteiger partial charge in [0.15, 0.2) is 0 Å². The average Bonchev–Trinajstić information content (AvgIpc) is 2.30. The van der Waals surface area contributed by atoms with Crippen molar-refractivity contribution in [2.24, 2.45) is 0 Å². The van der Waals surface area contributed by atoms with Crippen molar-refractivity contribution in [2.75, 3.05) is 19.3 Å². The van der Waals surface area contributed by atoms with Crippen LogP contribution in [0.5, 0.6) is 0 Å². The van der Waals surface area contributed by atoms with Crippen molar-refractivity contribution in [3.05, 3.63) is 23.3 Å². The minimum atomic E-state index is -4.41. The Morgan fingerprint density at radius 2 is 1.70 bits per heavy atom.